The predicted molar refractivity (Wildman–Crippen MR) is 76.3 cm³/mol. The molecule has 0 unspecified atom stereocenters. The van der Waals surface area contributed by atoms with Crippen molar-refractivity contribution in [3.05, 3.63) is 12.4 Å². The van der Waals surface area contributed by atoms with Gasteiger partial charge in [0.05, 0.1) is 12.9 Å². The van der Waals surface area contributed by atoms with Crippen molar-refractivity contribution in [2.45, 2.75) is 25.8 Å². The maximum atomic E-state index is 11.5. The van der Waals surface area contributed by atoms with Crippen molar-refractivity contribution in [1.82, 2.24) is 14.3 Å². The van der Waals surface area contributed by atoms with Crippen LogP contribution in [0, 0.1) is 0 Å². The van der Waals surface area contributed by atoms with Gasteiger partial charge in [-0.3, -0.25) is 0 Å². The highest BCUT2D eigenvalue weighted by atomic mass is 32.2. The molecule has 0 amide bonds. The zero-order valence-electron chi connectivity index (χ0n) is 11.7. The molecule has 1 aliphatic heterocycles. The summed E-state index contributed by atoms with van der Waals surface area (Å²) in [7, 11) is -3.09. The van der Waals surface area contributed by atoms with Crippen molar-refractivity contribution in [2.75, 3.05) is 31.3 Å². The molecule has 112 valence electrons. The van der Waals surface area contributed by atoms with Gasteiger partial charge >= 0.3 is 0 Å². The maximum Gasteiger partial charge on any atom is 0.257 e. The summed E-state index contributed by atoms with van der Waals surface area (Å²) in [6, 6.07) is 0.184. The van der Waals surface area contributed by atoms with E-state index in [1.54, 1.807) is 12.4 Å². The number of hydrogen-bond donors (Lipinski definition) is 1. The molecule has 20 heavy (non-hydrogen) atoms. The molecule has 0 saturated carbocycles. The lowest BCUT2D eigenvalue weighted by Crippen LogP contribution is -2.42. The van der Waals surface area contributed by atoms with Gasteiger partial charge in [-0.25, -0.2) is 22.7 Å². The Morgan fingerprint density at radius 1 is 1.35 bits per heavy atom. The summed E-state index contributed by atoms with van der Waals surface area (Å²) in [5.74, 6) is 1.10. The van der Waals surface area contributed by atoms with Gasteiger partial charge in [0.25, 0.3) is 5.88 Å². The number of anilines is 1. The summed E-state index contributed by atoms with van der Waals surface area (Å²) < 4.78 is 29.8. The number of aromatic nitrogens is 2. The fraction of sp³-hybridized carbons (Fsp3) is 0.667. The van der Waals surface area contributed by atoms with Crippen LogP contribution >= 0.6 is 0 Å². The molecule has 1 aliphatic rings. The topological polar surface area (TPSA) is 84.4 Å². The molecule has 1 aromatic rings. The van der Waals surface area contributed by atoms with Crippen molar-refractivity contribution >= 4 is 15.8 Å². The van der Waals surface area contributed by atoms with E-state index >= 15 is 0 Å². The number of nitrogens with zero attached hydrogens (tertiary/aromatic N) is 3. The van der Waals surface area contributed by atoms with Crippen LogP contribution in [0.15, 0.2) is 12.4 Å². The molecular weight excluding hydrogens is 280 g/mol. The highest BCUT2D eigenvalue weighted by molar-refractivity contribution is 7.88. The monoisotopic (exact) mass is 300 g/mol. The van der Waals surface area contributed by atoms with E-state index in [1.165, 1.54) is 10.6 Å². The van der Waals surface area contributed by atoms with E-state index in [2.05, 4.69) is 15.3 Å². The van der Waals surface area contributed by atoms with Crippen LogP contribution in [0.2, 0.25) is 0 Å². The minimum atomic E-state index is -3.09. The van der Waals surface area contributed by atoms with Crippen LogP contribution in [0.4, 0.5) is 5.82 Å². The van der Waals surface area contributed by atoms with E-state index in [9.17, 15) is 8.42 Å². The Bertz CT molecular complexity index is 541. The fourth-order valence-electron chi connectivity index (χ4n) is 2.19. The number of sulfonamides is 1. The Kier molecular flexibility index (Phi) is 4.77. The Labute approximate surface area is 119 Å². The number of ether oxygens (including phenoxy) is 1. The Morgan fingerprint density at radius 2 is 2.00 bits per heavy atom. The van der Waals surface area contributed by atoms with E-state index in [4.69, 9.17) is 4.74 Å². The molecule has 0 radical (unpaired) electrons. The number of piperidine rings is 1. The number of nitrogens with one attached hydrogen (secondary N) is 1. The molecule has 0 atom stereocenters. The molecule has 0 aliphatic carbocycles. The number of rotatable bonds is 5. The molecule has 1 fully saturated rings. The van der Waals surface area contributed by atoms with Crippen molar-refractivity contribution in [1.29, 1.82) is 0 Å². The third kappa shape index (κ3) is 3.80. The second-order valence-corrected chi connectivity index (χ2v) is 6.71. The highest BCUT2D eigenvalue weighted by Crippen LogP contribution is 2.22. The van der Waals surface area contributed by atoms with Gasteiger partial charge in [-0.2, -0.15) is 0 Å². The summed E-state index contributed by atoms with van der Waals surface area (Å²) in [4.78, 5) is 8.36. The average Bonchev–Trinajstić information content (AvgIpc) is 2.41. The summed E-state index contributed by atoms with van der Waals surface area (Å²) in [6.45, 7) is 3.48. The second kappa shape index (κ2) is 6.36. The highest BCUT2D eigenvalue weighted by Gasteiger charge is 2.25. The van der Waals surface area contributed by atoms with Crippen LogP contribution in [0.5, 0.6) is 5.88 Å². The van der Waals surface area contributed by atoms with Gasteiger partial charge in [-0.15, -0.1) is 0 Å². The van der Waals surface area contributed by atoms with Crippen LogP contribution in [-0.2, 0) is 10.0 Å². The zero-order chi connectivity index (χ0) is 14.6. The molecule has 2 heterocycles. The normalized spacial score (nSPS) is 17.9. The molecule has 0 aromatic carbocycles. The first-order valence-corrected chi connectivity index (χ1v) is 8.51. The minimum Gasteiger partial charge on any atom is -0.475 e. The van der Waals surface area contributed by atoms with E-state index in [-0.39, 0.29) is 6.04 Å². The van der Waals surface area contributed by atoms with Gasteiger partial charge in [0.1, 0.15) is 0 Å². The second-order valence-electron chi connectivity index (χ2n) is 4.72. The largest absolute Gasteiger partial charge is 0.475 e. The van der Waals surface area contributed by atoms with Crippen LogP contribution in [-0.4, -0.2) is 54.7 Å². The van der Waals surface area contributed by atoms with Gasteiger partial charge in [0, 0.05) is 31.5 Å². The molecule has 1 saturated heterocycles. The quantitative estimate of drug-likeness (QED) is 0.862. The van der Waals surface area contributed by atoms with Gasteiger partial charge < -0.3 is 10.1 Å². The third-order valence-corrected chi connectivity index (χ3v) is 4.51. The Balaban J connectivity index is 1.96. The molecular formula is C12H20N4O3S. The zero-order valence-corrected chi connectivity index (χ0v) is 12.6. The first-order chi connectivity index (χ1) is 9.50. The Morgan fingerprint density at radius 3 is 2.60 bits per heavy atom. The smallest absolute Gasteiger partial charge is 0.257 e. The van der Waals surface area contributed by atoms with Crippen LogP contribution in [0.1, 0.15) is 19.8 Å². The molecule has 2 rings (SSSR count). The van der Waals surface area contributed by atoms with E-state index in [0.29, 0.717) is 31.4 Å². The van der Waals surface area contributed by atoms with Crippen molar-refractivity contribution in [3.63, 3.8) is 0 Å². The predicted octanol–water partition coefficient (Wildman–Crippen LogP) is 0.711. The van der Waals surface area contributed by atoms with E-state index in [1.807, 2.05) is 6.92 Å². The summed E-state index contributed by atoms with van der Waals surface area (Å²) in [6.07, 6.45) is 5.93. The lowest BCUT2D eigenvalue weighted by Gasteiger charge is -2.31. The van der Waals surface area contributed by atoms with Crippen molar-refractivity contribution in [2.24, 2.45) is 0 Å². The molecule has 1 aromatic heterocycles. The van der Waals surface area contributed by atoms with Crippen molar-refractivity contribution < 1.29 is 13.2 Å². The molecule has 7 nitrogen and oxygen atoms in total. The van der Waals surface area contributed by atoms with Crippen LogP contribution in [0.25, 0.3) is 0 Å². The molecule has 1 N–H and O–H groups in total. The van der Waals surface area contributed by atoms with Gasteiger partial charge in [-0.1, -0.05) is 0 Å². The summed E-state index contributed by atoms with van der Waals surface area (Å²) in [5, 5.41) is 3.29. The van der Waals surface area contributed by atoms with E-state index in [0.717, 1.165) is 12.8 Å². The summed E-state index contributed by atoms with van der Waals surface area (Å²) >= 11 is 0. The summed E-state index contributed by atoms with van der Waals surface area (Å²) in [5.41, 5.74) is 0. The molecule has 0 spiro atoms. The van der Waals surface area contributed by atoms with Gasteiger partial charge in [-0.05, 0) is 19.8 Å². The third-order valence-electron chi connectivity index (χ3n) is 3.21. The van der Waals surface area contributed by atoms with Crippen LogP contribution in [0.3, 0.4) is 0 Å². The maximum absolute atomic E-state index is 11.5. The fourth-order valence-corrected chi connectivity index (χ4v) is 3.07. The molecule has 8 heteroatoms. The lowest BCUT2D eigenvalue weighted by molar-refractivity contribution is 0.319. The Hall–Kier alpha value is -1.41. The lowest BCUT2D eigenvalue weighted by atomic mass is 10.1. The van der Waals surface area contributed by atoms with Crippen molar-refractivity contribution in [3.8, 4) is 5.88 Å². The first kappa shape index (κ1) is 15.0. The molecule has 0 bridgehead atoms. The van der Waals surface area contributed by atoms with E-state index < -0.39 is 10.0 Å². The number of hydrogen-bond acceptors (Lipinski definition) is 6. The minimum absolute atomic E-state index is 0.184. The SMILES string of the molecule is CCOc1nccnc1NC1CCN(S(C)(=O)=O)CC1. The average molecular weight is 300 g/mol. The first-order valence-electron chi connectivity index (χ1n) is 6.66. The van der Waals surface area contributed by atoms with Crippen LogP contribution < -0.4 is 10.1 Å². The van der Waals surface area contributed by atoms with Gasteiger partial charge in [0.2, 0.25) is 10.0 Å². The standard InChI is InChI=1S/C12H20N4O3S/c1-3-19-12-11(13-6-7-14-12)15-10-4-8-16(9-5-10)20(2,17)18/h6-7,10H,3-5,8-9H2,1-2H3,(H,13,15). The van der Waals surface area contributed by atoms with Gasteiger partial charge in [0.15, 0.2) is 5.82 Å².